The van der Waals surface area contributed by atoms with Crippen molar-refractivity contribution in [2.24, 2.45) is 22.9 Å². The van der Waals surface area contributed by atoms with E-state index in [9.17, 15) is 19.2 Å². The monoisotopic (exact) mass is 634 g/mol. The summed E-state index contributed by atoms with van der Waals surface area (Å²) in [5.74, 6) is -3.14. The lowest BCUT2D eigenvalue weighted by molar-refractivity contribution is -0.136. The van der Waals surface area contributed by atoms with Crippen molar-refractivity contribution >= 4 is 65.3 Å². The van der Waals surface area contributed by atoms with Crippen molar-refractivity contribution in [2.75, 3.05) is 34.5 Å². The fraction of sp³-hybridized carbons (Fsp3) is 0.333. The van der Waals surface area contributed by atoms with Crippen molar-refractivity contribution in [1.29, 1.82) is 0 Å². The Morgan fingerprint density at radius 2 is 0.732 bits per heavy atom. The maximum Gasteiger partial charge on any atom is 0.339 e. The molecule has 0 aliphatic carbocycles. The molecular weight excluding hydrogens is 596 g/mol. The van der Waals surface area contributed by atoms with Gasteiger partial charge in [-0.3, -0.25) is 0 Å². The van der Waals surface area contributed by atoms with Crippen molar-refractivity contribution in [1.82, 2.24) is 0 Å². The Hall–Kier alpha value is -3.96. The highest BCUT2D eigenvalue weighted by Gasteiger charge is 2.44. The molecule has 0 saturated heterocycles. The molecule has 0 amide bonds. The zero-order chi connectivity index (χ0) is 32.0. The van der Waals surface area contributed by atoms with Crippen LogP contribution in [0.2, 0.25) is 0 Å². The Balaban J connectivity index is 0.000000333. The van der Waals surface area contributed by atoms with Gasteiger partial charge in [0.2, 0.25) is 0 Å². The van der Waals surface area contributed by atoms with Gasteiger partial charge in [-0.25, -0.2) is 19.2 Å². The smallest absolute Gasteiger partial charge is 0.339 e. The topological polar surface area (TPSA) is 305 Å². The lowest BCUT2D eigenvalue weighted by Gasteiger charge is -2.35. The lowest BCUT2D eigenvalue weighted by atomic mass is 10.1. The third-order valence-corrected chi connectivity index (χ3v) is 15.5. The Morgan fingerprint density at radius 1 is 0.537 bits per heavy atom. The summed E-state index contributed by atoms with van der Waals surface area (Å²) in [6.45, 7) is 7.34. The van der Waals surface area contributed by atoms with Crippen molar-refractivity contribution in [3.63, 3.8) is 0 Å². The van der Waals surface area contributed by atoms with Gasteiger partial charge in [-0.2, -0.15) is 20.1 Å². The predicted octanol–water partition coefficient (Wildman–Crippen LogP) is 1.62. The second-order valence-corrected chi connectivity index (χ2v) is 17.1. The highest BCUT2D eigenvalue weighted by molar-refractivity contribution is 8.40. The van der Waals surface area contributed by atoms with Gasteiger partial charge < -0.3 is 54.8 Å². The lowest BCUT2D eigenvalue weighted by Crippen LogP contribution is -2.19. The summed E-state index contributed by atoms with van der Waals surface area (Å²) < 4.78 is 0. The molecule has 0 bridgehead atoms. The molecule has 2 aliphatic heterocycles. The molecule has 3 heterocycles. The molecule has 16 N–H and O–H groups in total. The van der Waals surface area contributed by atoms with E-state index in [4.69, 9.17) is 54.8 Å². The zero-order valence-electron chi connectivity index (χ0n) is 23.1. The van der Waals surface area contributed by atoms with E-state index in [1.54, 1.807) is 12.1 Å². The Labute approximate surface area is 244 Å². The maximum absolute atomic E-state index is 11.1. The molecule has 3 rings (SSSR count). The molecule has 0 fully saturated rings. The average Bonchev–Trinajstić information content (AvgIpc) is 3.47. The summed E-state index contributed by atoms with van der Waals surface area (Å²) in [7, 11) is -3.66. The molecule has 0 saturated carbocycles. The minimum Gasteiger partial charge on any atom is -0.478 e. The number of hydrogen-bond donors (Lipinski definition) is 10. The molecule has 14 nitrogen and oxygen atoms in total. The quantitative estimate of drug-likeness (QED) is 0.194. The fourth-order valence-electron chi connectivity index (χ4n) is 4.38. The van der Waals surface area contributed by atoms with Crippen LogP contribution in [0.15, 0.2) is 54.5 Å². The Bertz CT molecular complexity index is 1190. The number of aliphatic carboxylic acids is 4. The summed E-state index contributed by atoms with van der Waals surface area (Å²) >= 11 is 1.40. The van der Waals surface area contributed by atoms with Crippen LogP contribution in [0.4, 0.5) is 10.0 Å². The van der Waals surface area contributed by atoms with Crippen LogP contribution in [0.5, 0.6) is 0 Å². The van der Waals surface area contributed by atoms with Crippen LogP contribution < -0.4 is 34.4 Å². The Morgan fingerprint density at radius 3 is 0.829 bits per heavy atom. The van der Waals surface area contributed by atoms with E-state index in [2.05, 4.69) is 0 Å². The Kier molecular flexibility index (Phi) is 11.6. The van der Waals surface area contributed by atoms with E-state index in [1.165, 1.54) is 11.3 Å². The number of carbonyl (C=O) groups is 4. The number of nitrogens with two attached hydrogens (primary N) is 6. The highest BCUT2D eigenvalue weighted by Crippen LogP contribution is 2.65. The molecule has 1 aromatic heterocycles. The summed E-state index contributed by atoms with van der Waals surface area (Å²) in [6, 6.07) is 3.58. The number of carboxylic acid groups (broad SMARTS) is 4. The summed E-state index contributed by atoms with van der Waals surface area (Å²) in [4.78, 5) is 44.5. The second-order valence-electron chi connectivity index (χ2n) is 8.34. The number of hydrogen-bond acceptors (Lipinski definition) is 11. The van der Waals surface area contributed by atoms with E-state index in [1.807, 2.05) is 27.7 Å². The SMILES string of the molecule is CCS1(CC)C(N)=C(C(=O)O)C(C(=O)O)=C1N.CCS1(CC)C(N)=C(C(=O)O)C(C(=O)O)=C1N.Nc1ccc(N)s1. The van der Waals surface area contributed by atoms with Crippen LogP contribution in [0.1, 0.15) is 27.7 Å². The second kappa shape index (κ2) is 13.6. The van der Waals surface area contributed by atoms with Gasteiger partial charge in [0, 0.05) is 0 Å². The third kappa shape index (κ3) is 6.36. The van der Waals surface area contributed by atoms with Gasteiger partial charge >= 0.3 is 23.9 Å². The largest absolute Gasteiger partial charge is 0.478 e. The molecule has 0 spiro atoms. The highest BCUT2D eigenvalue weighted by atomic mass is 32.3. The summed E-state index contributed by atoms with van der Waals surface area (Å²) in [5.41, 5.74) is 32.7. The number of rotatable bonds is 8. The van der Waals surface area contributed by atoms with Gasteiger partial charge in [0.1, 0.15) is 22.3 Å². The summed E-state index contributed by atoms with van der Waals surface area (Å²) in [6.07, 6.45) is 0. The average molecular weight is 635 g/mol. The first kappa shape index (κ1) is 35.1. The molecule has 0 radical (unpaired) electrons. The van der Waals surface area contributed by atoms with Gasteiger partial charge in [0.25, 0.3) is 0 Å². The first-order chi connectivity index (χ1) is 18.9. The number of anilines is 2. The normalized spacial score (nSPS) is 18.6. The van der Waals surface area contributed by atoms with Crippen LogP contribution in [-0.2, 0) is 19.2 Å². The van der Waals surface area contributed by atoms with Gasteiger partial charge in [0.15, 0.2) is 0 Å². The van der Waals surface area contributed by atoms with E-state index in [-0.39, 0.29) is 42.4 Å². The van der Waals surface area contributed by atoms with E-state index < -0.39 is 43.9 Å². The molecule has 2 aliphatic rings. The summed E-state index contributed by atoms with van der Waals surface area (Å²) in [5, 5.41) is 38.3. The van der Waals surface area contributed by atoms with Gasteiger partial charge in [0.05, 0.1) is 30.1 Å². The van der Waals surface area contributed by atoms with Gasteiger partial charge in [-0.15, -0.1) is 11.3 Å². The maximum atomic E-state index is 11.1. The molecule has 41 heavy (non-hydrogen) atoms. The molecule has 0 atom stereocenters. The molecular formula is C24H38N6O8S3. The van der Waals surface area contributed by atoms with Crippen LogP contribution in [0.25, 0.3) is 0 Å². The van der Waals surface area contributed by atoms with Crippen LogP contribution >= 0.6 is 31.4 Å². The minimum absolute atomic E-state index is 0.130. The van der Waals surface area contributed by atoms with Gasteiger partial charge in [-0.1, -0.05) is 27.7 Å². The first-order valence-corrected chi connectivity index (χ1v) is 16.8. The van der Waals surface area contributed by atoms with Gasteiger partial charge in [-0.05, 0) is 35.1 Å². The van der Waals surface area contributed by atoms with Crippen LogP contribution in [0, 0.1) is 0 Å². The standard InChI is InChI=1S/2C10H16N2O4S.C4H6N2S/c2*1-3-17(4-2)7(11)5(9(13)14)6(8(17)12)10(15)16;5-3-1-2-4(6)7-3/h2*3-4,11-12H2,1-2H3,(H,13,14)(H,15,16);1-2H,5-6H2. The minimum atomic E-state index is -1.83. The van der Waals surface area contributed by atoms with E-state index in [0.717, 1.165) is 10.0 Å². The number of nitrogen functional groups attached to an aromatic ring is 2. The molecule has 0 aromatic carbocycles. The van der Waals surface area contributed by atoms with Crippen LogP contribution in [-0.4, -0.2) is 67.3 Å². The third-order valence-electron chi connectivity index (χ3n) is 6.64. The molecule has 0 unspecified atom stereocenters. The van der Waals surface area contributed by atoms with Crippen LogP contribution in [0.3, 0.4) is 0 Å². The zero-order valence-corrected chi connectivity index (χ0v) is 25.5. The van der Waals surface area contributed by atoms with Crippen molar-refractivity contribution < 1.29 is 39.6 Å². The predicted molar refractivity (Wildman–Crippen MR) is 166 cm³/mol. The molecule has 17 heteroatoms. The number of carboxylic acids is 4. The van der Waals surface area contributed by atoms with Crippen molar-refractivity contribution in [3.8, 4) is 0 Å². The fourth-order valence-corrected chi connectivity index (χ4v) is 11.0. The first-order valence-electron chi connectivity index (χ1n) is 12.1. The van der Waals surface area contributed by atoms with E-state index in [0.29, 0.717) is 23.0 Å². The molecule has 1 aromatic rings. The van der Waals surface area contributed by atoms with Crippen molar-refractivity contribution in [3.05, 3.63) is 54.5 Å². The molecule has 230 valence electrons. The van der Waals surface area contributed by atoms with Crippen molar-refractivity contribution in [2.45, 2.75) is 27.7 Å². The van der Waals surface area contributed by atoms with E-state index >= 15 is 0 Å². The number of thiophene rings is 1.